The van der Waals surface area contributed by atoms with Crippen molar-refractivity contribution in [3.8, 4) is 10.4 Å². The fraction of sp³-hybridized carbons (Fsp3) is 0.286. The molecule has 3 heterocycles. The highest BCUT2D eigenvalue weighted by Gasteiger charge is 2.37. The van der Waals surface area contributed by atoms with Crippen molar-refractivity contribution >= 4 is 53.9 Å². The van der Waals surface area contributed by atoms with Crippen LogP contribution in [0.2, 0.25) is 0 Å². The van der Waals surface area contributed by atoms with Crippen molar-refractivity contribution in [3.05, 3.63) is 45.8 Å². The van der Waals surface area contributed by atoms with Gasteiger partial charge in [0, 0.05) is 29.4 Å². The van der Waals surface area contributed by atoms with E-state index in [1.807, 2.05) is 5.48 Å². The lowest BCUT2D eigenvalue weighted by Gasteiger charge is -2.18. The molecular weight excluding hydrogens is 555 g/mol. The Balaban J connectivity index is 1.53. The molecule has 0 amide bonds. The first-order chi connectivity index (χ1) is 18.4. The molecule has 0 bridgehead atoms. The number of hydrazone groups is 1. The zero-order valence-electron chi connectivity index (χ0n) is 20.4. The Morgan fingerprint density at radius 3 is 2.74 bits per heavy atom. The van der Waals surface area contributed by atoms with E-state index in [0.29, 0.717) is 16.1 Å². The SMILES string of the molecule is CN(/N=C/c1ccc(-c2cn([C@H]3C[C@H](O)[C@@H](COP(=O)(O)O)O3)c(=O)nc2N)s1)c1ccc(NO)c(N)c1N. The summed E-state index contributed by atoms with van der Waals surface area (Å²) in [5, 5.41) is 25.2. The van der Waals surface area contributed by atoms with Gasteiger partial charge in [0.2, 0.25) is 0 Å². The molecule has 2 aromatic heterocycles. The van der Waals surface area contributed by atoms with Crippen LogP contribution in [0.5, 0.6) is 0 Å². The molecule has 1 aliphatic heterocycles. The van der Waals surface area contributed by atoms with E-state index in [1.54, 1.807) is 37.5 Å². The minimum absolute atomic E-state index is 0.0144. The van der Waals surface area contributed by atoms with Crippen molar-refractivity contribution in [2.45, 2.75) is 24.9 Å². The molecule has 11 N–H and O–H groups in total. The molecule has 0 spiro atoms. The van der Waals surface area contributed by atoms with Gasteiger partial charge in [-0.3, -0.25) is 24.8 Å². The van der Waals surface area contributed by atoms with Gasteiger partial charge in [-0.25, -0.2) is 9.36 Å². The zero-order chi connectivity index (χ0) is 28.5. The van der Waals surface area contributed by atoms with Crippen LogP contribution in [0.4, 0.5) is 28.6 Å². The van der Waals surface area contributed by atoms with Crippen molar-refractivity contribution in [2.75, 3.05) is 41.3 Å². The molecule has 0 unspecified atom stereocenters. The zero-order valence-corrected chi connectivity index (χ0v) is 22.1. The lowest BCUT2D eigenvalue weighted by molar-refractivity contribution is -0.0449. The van der Waals surface area contributed by atoms with Crippen molar-refractivity contribution in [1.29, 1.82) is 0 Å². The number of phosphoric acid groups is 1. The van der Waals surface area contributed by atoms with Gasteiger partial charge in [-0.05, 0) is 24.3 Å². The minimum atomic E-state index is -4.76. The molecule has 16 nitrogen and oxygen atoms in total. The topological polar surface area (TPSA) is 257 Å². The largest absolute Gasteiger partial charge is 0.469 e. The van der Waals surface area contributed by atoms with E-state index in [1.165, 1.54) is 22.5 Å². The van der Waals surface area contributed by atoms with E-state index >= 15 is 0 Å². The third-order valence-electron chi connectivity index (χ3n) is 5.89. The standard InChI is InChI=1S/C21H27N8O8PS/c1-28(13-4-3-12(27-32)18(22)19(13)23)25-7-10-2-5-16(39-10)11-8-29(21(31)26-20(11)24)17-6-14(30)15(37-17)9-36-38(33,34)35/h2-5,7-8,14-15,17,27,30,32H,6,9,22-23H2,1H3,(H2,24,26,31)(H2,33,34,35)/b25-7+/t14-,15+,17+/m0/s1. The first-order valence-corrected chi connectivity index (χ1v) is 13.6. The van der Waals surface area contributed by atoms with Crippen molar-refractivity contribution in [3.63, 3.8) is 0 Å². The number of hydrogen-bond acceptors (Lipinski definition) is 14. The predicted molar refractivity (Wildman–Crippen MR) is 145 cm³/mol. The van der Waals surface area contributed by atoms with E-state index in [4.69, 9.17) is 36.9 Å². The molecule has 39 heavy (non-hydrogen) atoms. The lowest BCUT2D eigenvalue weighted by atomic mass is 10.2. The summed E-state index contributed by atoms with van der Waals surface area (Å²) in [7, 11) is -3.09. The number of hydrogen-bond donors (Lipinski definition) is 8. The Morgan fingerprint density at radius 2 is 2.05 bits per heavy atom. The number of nitrogen functional groups attached to an aromatic ring is 3. The van der Waals surface area contributed by atoms with Gasteiger partial charge in [-0.2, -0.15) is 10.1 Å². The van der Waals surface area contributed by atoms with Crippen LogP contribution in [0, 0.1) is 0 Å². The smallest absolute Gasteiger partial charge is 0.395 e. The molecule has 3 atom stereocenters. The van der Waals surface area contributed by atoms with Crippen molar-refractivity contribution < 1.29 is 33.9 Å². The Bertz CT molecular complexity index is 1490. The first-order valence-electron chi connectivity index (χ1n) is 11.3. The average molecular weight is 583 g/mol. The first kappa shape index (κ1) is 28.5. The molecule has 1 aromatic carbocycles. The summed E-state index contributed by atoms with van der Waals surface area (Å²) in [5.74, 6) is -0.0144. The number of rotatable bonds is 9. The normalized spacial score (nSPS) is 19.6. The fourth-order valence-electron chi connectivity index (χ4n) is 3.86. The second-order valence-corrected chi connectivity index (χ2v) is 10.8. The van der Waals surface area contributed by atoms with Crippen LogP contribution in [0.15, 0.2) is 40.4 Å². The van der Waals surface area contributed by atoms with Gasteiger partial charge in [0.25, 0.3) is 0 Å². The van der Waals surface area contributed by atoms with E-state index in [-0.39, 0.29) is 29.3 Å². The van der Waals surface area contributed by atoms with Gasteiger partial charge in [0.15, 0.2) is 0 Å². The third kappa shape index (κ3) is 6.38. The fourth-order valence-corrected chi connectivity index (χ4v) is 5.10. The maximum atomic E-state index is 12.5. The summed E-state index contributed by atoms with van der Waals surface area (Å²) in [4.78, 5) is 35.6. The molecule has 1 saturated heterocycles. The second kappa shape index (κ2) is 11.3. The number of aliphatic hydroxyl groups excluding tert-OH is 1. The number of thiophene rings is 1. The summed E-state index contributed by atoms with van der Waals surface area (Å²) in [5.41, 5.74) is 20.9. The molecule has 210 valence electrons. The molecular formula is C21H27N8O8PS. The van der Waals surface area contributed by atoms with Gasteiger partial charge < -0.3 is 36.8 Å². The Kier molecular flexibility index (Phi) is 8.24. The number of phosphoric ester groups is 1. The Hall–Kier alpha value is -3.54. The summed E-state index contributed by atoms with van der Waals surface area (Å²) in [6.07, 6.45) is -0.131. The lowest BCUT2D eigenvalue weighted by Crippen LogP contribution is -2.29. The number of aliphatic hydroxyl groups is 1. The van der Waals surface area contributed by atoms with Gasteiger partial charge >= 0.3 is 13.5 Å². The molecule has 1 aliphatic rings. The molecule has 0 saturated carbocycles. The predicted octanol–water partition coefficient (Wildman–Crippen LogP) is 0.747. The van der Waals surface area contributed by atoms with Crippen molar-refractivity contribution in [1.82, 2.24) is 9.55 Å². The highest BCUT2D eigenvalue weighted by atomic mass is 32.1. The third-order valence-corrected chi connectivity index (χ3v) is 7.42. The monoisotopic (exact) mass is 582 g/mol. The molecule has 4 rings (SSSR count). The van der Waals surface area contributed by atoms with Gasteiger partial charge in [0.1, 0.15) is 18.1 Å². The summed E-state index contributed by atoms with van der Waals surface area (Å²) in [6.45, 7) is -0.561. The van der Waals surface area contributed by atoms with Crippen LogP contribution >= 0.6 is 19.2 Å². The Morgan fingerprint density at radius 1 is 1.31 bits per heavy atom. The second-order valence-electron chi connectivity index (χ2n) is 8.49. The number of nitrogens with one attached hydrogen (secondary N) is 1. The van der Waals surface area contributed by atoms with Gasteiger partial charge in [0.05, 0.1) is 47.2 Å². The van der Waals surface area contributed by atoms with Crippen LogP contribution < -0.4 is 33.4 Å². The molecule has 0 aliphatic carbocycles. The Labute approximate surface area is 225 Å². The molecule has 1 fully saturated rings. The summed E-state index contributed by atoms with van der Waals surface area (Å²) in [6, 6.07) is 6.75. The molecule has 3 aromatic rings. The maximum absolute atomic E-state index is 12.5. The van der Waals surface area contributed by atoms with Gasteiger partial charge in [-0.1, -0.05) is 0 Å². The van der Waals surface area contributed by atoms with E-state index < -0.39 is 38.6 Å². The average Bonchev–Trinajstić information content (AvgIpc) is 3.49. The highest BCUT2D eigenvalue weighted by molar-refractivity contribution is 7.46. The molecule has 0 radical (unpaired) electrons. The number of anilines is 5. The number of nitrogens with zero attached hydrogens (tertiary/aromatic N) is 4. The number of nitrogens with two attached hydrogens (primary N) is 3. The van der Waals surface area contributed by atoms with E-state index in [0.717, 1.165) is 9.44 Å². The summed E-state index contributed by atoms with van der Waals surface area (Å²) < 4.78 is 22.2. The van der Waals surface area contributed by atoms with Crippen molar-refractivity contribution in [2.24, 2.45) is 5.10 Å². The van der Waals surface area contributed by atoms with Crippen LogP contribution in [0.1, 0.15) is 17.5 Å². The van der Waals surface area contributed by atoms with E-state index in [9.17, 15) is 14.5 Å². The quantitative estimate of drug-likeness (QED) is 0.0749. The molecule has 18 heteroatoms. The number of aromatic nitrogens is 2. The van der Waals surface area contributed by atoms with Gasteiger partial charge in [-0.15, -0.1) is 11.3 Å². The number of ether oxygens (including phenoxy) is 1. The highest BCUT2D eigenvalue weighted by Crippen LogP contribution is 2.39. The van der Waals surface area contributed by atoms with Crippen LogP contribution in [0.3, 0.4) is 0 Å². The van der Waals surface area contributed by atoms with E-state index in [2.05, 4.69) is 14.6 Å². The van der Waals surface area contributed by atoms with Crippen LogP contribution in [-0.4, -0.2) is 61.7 Å². The van der Waals surface area contributed by atoms with Crippen LogP contribution in [0.25, 0.3) is 10.4 Å². The number of benzene rings is 1. The minimum Gasteiger partial charge on any atom is -0.395 e. The summed E-state index contributed by atoms with van der Waals surface area (Å²) >= 11 is 1.31. The maximum Gasteiger partial charge on any atom is 0.469 e. The van der Waals surface area contributed by atoms with Crippen LogP contribution in [-0.2, 0) is 13.8 Å².